The van der Waals surface area contributed by atoms with Crippen molar-refractivity contribution in [3.8, 4) is 0 Å². The molecule has 3 N–H and O–H groups in total. The first kappa shape index (κ1) is 18.5. The van der Waals surface area contributed by atoms with Crippen LogP contribution in [0.15, 0.2) is 30.3 Å². The molecule has 122 valence electrons. The van der Waals surface area contributed by atoms with E-state index in [2.05, 4.69) is 5.32 Å². The maximum Gasteiger partial charge on any atom is 0.231 e. The highest BCUT2D eigenvalue weighted by Gasteiger charge is 2.29. The minimum atomic E-state index is -0.303. The van der Waals surface area contributed by atoms with Gasteiger partial charge in [0.1, 0.15) is 0 Å². The number of nitrogens with one attached hydrogen (secondary N) is 1. The molecule has 22 heavy (non-hydrogen) atoms. The van der Waals surface area contributed by atoms with Gasteiger partial charge in [0.05, 0.1) is 5.92 Å². The molecule has 1 aliphatic rings. The van der Waals surface area contributed by atoms with E-state index in [1.165, 1.54) is 6.92 Å². The van der Waals surface area contributed by atoms with Crippen molar-refractivity contribution in [2.45, 2.75) is 31.7 Å². The van der Waals surface area contributed by atoms with E-state index in [4.69, 9.17) is 5.73 Å². The third kappa shape index (κ3) is 4.71. The zero-order chi connectivity index (χ0) is 15.2. The van der Waals surface area contributed by atoms with E-state index in [1.807, 2.05) is 35.2 Å². The summed E-state index contributed by atoms with van der Waals surface area (Å²) in [7, 11) is 0. The first-order valence-corrected chi connectivity index (χ1v) is 7.42. The van der Waals surface area contributed by atoms with Crippen molar-refractivity contribution >= 4 is 24.2 Å². The van der Waals surface area contributed by atoms with Crippen LogP contribution in [-0.2, 0) is 9.59 Å². The lowest BCUT2D eigenvalue weighted by molar-refractivity contribution is -0.134. The highest BCUT2D eigenvalue weighted by Crippen LogP contribution is 2.20. The second-order valence-electron chi connectivity index (χ2n) is 5.52. The molecule has 1 saturated heterocycles. The normalized spacial score (nSPS) is 19.0. The molecule has 0 spiro atoms. The number of nitrogens with two attached hydrogens (primary N) is 1. The molecule has 2 amide bonds. The van der Waals surface area contributed by atoms with Crippen LogP contribution in [-0.4, -0.2) is 42.4 Å². The Labute approximate surface area is 137 Å². The maximum absolute atomic E-state index is 12.7. The number of hydrogen-bond acceptors (Lipinski definition) is 3. The highest BCUT2D eigenvalue weighted by atomic mass is 35.5. The molecular weight excluding hydrogens is 302 g/mol. The fourth-order valence-electron chi connectivity index (χ4n) is 2.87. The number of carbonyl (C=O) groups is 2. The monoisotopic (exact) mass is 325 g/mol. The van der Waals surface area contributed by atoms with Crippen LogP contribution >= 0.6 is 12.4 Å². The maximum atomic E-state index is 12.7. The Hall–Kier alpha value is -1.59. The molecule has 0 aromatic heterocycles. The number of halogens is 1. The zero-order valence-electron chi connectivity index (χ0n) is 12.8. The summed E-state index contributed by atoms with van der Waals surface area (Å²) in [5.74, 6) is -0.297. The lowest BCUT2D eigenvalue weighted by Crippen LogP contribution is -2.50. The number of piperidine rings is 1. The molecular formula is C16H24ClN3O2. The average molecular weight is 326 g/mol. The van der Waals surface area contributed by atoms with Gasteiger partial charge in [0, 0.05) is 32.6 Å². The van der Waals surface area contributed by atoms with Gasteiger partial charge < -0.3 is 16.0 Å². The van der Waals surface area contributed by atoms with E-state index >= 15 is 0 Å². The predicted molar refractivity (Wildman–Crippen MR) is 88.9 cm³/mol. The summed E-state index contributed by atoms with van der Waals surface area (Å²) >= 11 is 0. The summed E-state index contributed by atoms with van der Waals surface area (Å²) < 4.78 is 0. The van der Waals surface area contributed by atoms with Gasteiger partial charge in [-0.1, -0.05) is 30.3 Å². The molecule has 1 heterocycles. The number of benzene rings is 1. The number of carbonyl (C=O) groups excluding carboxylic acids is 2. The fourth-order valence-corrected chi connectivity index (χ4v) is 2.87. The number of amides is 2. The lowest BCUT2D eigenvalue weighted by Gasteiger charge is -2.35. The molecule has 0 bridgehead atoms. The van der Waals surface area contributed by atoms with E-state index in [1.54, 1.807) is 0 Å². The molecule has 5 nitrogen and oxygen atoms in total. The summed E-state index contributed by atoms with van der Waals surface area (Å²) in [5, 5.41) is 2.90. The summed E-state index contributed by atoms with van der Waals surface area (Å²) in [5.41, 5.74) is 6.76. The van der Waals surface area contributed by atoms with E-state index in [0.29, 0.717) is 13.1 Å². The third-order valence-electron chi connectivity index (χ3n) is 3.88. The summed E-state index contributed by atoms with van der Waals surface area (Å²) in [6.45, 7) is 3.11. The van der Waals surface area contributed by atoms with Crippen LogP contribution in [0.5, 0.6) is 0 Å². The van der Waals surface area contributed by atoms with Crippen molar-refractivity contribution in [3.05, 3.63) is 35.9 Å². The van der Waals surface area contributed by atoms with Crippen LogP contribution in [0.2, 0.25) is 0 Å². The van der Waals surface area contributed by atoms with Gasteiger partial charge in [-0.25, -0.2) is 0 Å². The Morgan fingerprint density at radius 2 is 2.05 bits per heavy atom. The summed E-state index contributed by atoms with van der Waals surface area (Å²) in [6.07, 6.45) is 1.82. The quantitative estimate of drug-likeness (QED) is 0.875. The average Bonchev–Trinajstić information content (AvgIpc) is 2.48. The first-order valence-electron chi connectivity index (χ1n) is 7.42. The van der Waals surface area contributed by atoms with Gasteiger partial charge in [-0.2, -0.15) is 0 Å². The highest BCUT2D eigenvalue weighted by molar-refractivity contribution is 5.85. The first-order chi connectivity index (χ1) is 10.1. The molecule has 6 heteroatoms. The third-order valence-corrected chi connectivity index (χ3v) is 3.88. The molecule has 0 radical (unpaired) electrons. The Kier molecular flexibility index (Phi) is 7.35. The van der Waals surface area contributed by atoms with E-state index in [9.17, 15) is 9.59 Å². The Morgan fingerprint density at radius 3 is 2.64 bits per heavy atom. The van der Waals surface area contributed by atoms with Gasteiger partial charge in [0.15, 0.2) is 0 Å². The molecule has 2 rings (SSSR count). The largest absolute Gasteiger partial charge is 0.352 e. The minimum Gasteiger partial charge on any atom is -0.352 e. The minimum absolute atomic E-state index is 0. The van der Waals surface area contributed by atoms with Crippen LogP contribution in [0.4, 0.5) is 0 Å². The zero-order valence-corrected chi connectivity index (χ0v) is 13.6. The van der Waals surface area contributed by atoms with E-state index in [-0.39, 0.29) is 36.2 Å². The van der Waals surface area contributed by atoms with E-state index < -0.39 is 0 Å². The Morgan fingerprint density at radius 1 is 1.36 bits per heavy atom. The Bertz CT molecular complexity index is 495. The van der Waals surface area contributed by atoms with Gasteiger partial charge in [0.2, 0.25) is 11.8 Å². The van der Waals surface area contributed by atoms with Gasteiger partial charge >= 0.3 is 0 Å². The second kappa shape index (κ2) is 8.76. The van der Waals surface area contributed by atoms with Gasteiger partial charge in [-0.15, -0.1) is 12.4 Å². The number of likely N-dealkylation sites (tertiary alicyclic amines) is 1. The van der Waals surface area contributed by atoms with Gasteiger partial charge in [-0.05, 0) is 18.4 Å². The summed E-state index contributed by atoms with van der Waals surface area (Å²) in [4.78, 5) is 25.7. The molecule has 2 unspecified atom stereocenters. The van der Waals surface area contributed by atoms with Crippen LogP contribution in [0.3, 0.4) is 0 Å². The van der Waals surface area contributed by atoms with Crippen molar-refractivity contribution in [1.82, 2.24) is 10.2 Å². The van der Waals surface area contributed by atoms with Crippen molar-refractivity contribution in [1.29, 1.82) is 0 Å². The van der Waals surface area contributed by atoms with Crippen molar-refractivity contribution < 1.29 is 9.59 Å². The van der Waals surface area contributed by atoms with Gasteiger partial charge in [0.25, 0.3) is 0 Å². The van der Waals surface area contributed by atoms with Crippen LogP contribution in [0, 0.1) is 0 Å². The molecule has 1 aliphatic heterocycles. The van der Waals surface area contributed by atoms with Crippen LogP contribution in [0.25, 0.3) is 0 Å². The Balaban J connectivity index is 0.00000242. The predicted octanol–water partition coefficient (Wildman–Crippen LogP) is 1.28. The topological polar surface area (TPSA) is 75.4 Å². The standard InChI is InChI=1S/C16H23N3O2.ClH/c1-12(20)18-14-8-5-9-19(11-14)16(21)15(10-17)13-6-3-2-4-7-13;/h2-4,6-7,14-15H,5,8-11,17H2,1H3,(H,18,20);1H. The molecule has 0 aliphatic carbocycles. The second-order valence-corrected chi connectivity index (χ2v) is 5.52. The number of nitrogens with zero attached hydrogens (tertiary/aromatic N) is 1. The molecule has 1 aromatic rings. The fraction of sp³-hybridized carbons (Fsp3) is 0.500. The van der Waals surface area contributed by atoms with Crippen molar-refractivity contribution in [2.24, 2.45) is 5.73 Å². The smallest absolute Gasteiger partial charge is 0.231 e. The van der Waals surface area contributed by atoms with E-state index in [0.717, 1.165) is 24.9 Å². The SMILES string of the molecule is CC(=O)NC1CCCN(C(=O)C(CN)c2ccccc2)C1.Cl. The molecule has 2 atom stereocenters. The van der Waals surface area contributed by atoms with Crippen LogP contribution < -0.4 is 11.1 Å². The summed E-state index contributed by atoms with van der Waals surface area (Å²) in [6, 6.07) is 9.68. The molecule has 0 saturated carbocycles. The van der Waals surface area contributed by atoms with Crippen molar-refractivity contribution in [2.75, 3.05) is 19.6 Å². The lowest BCUT2D eigenvalue weighted by atomic mass is 9.96. The number of hydrogen-bond donors (Lipinski definition) is 2. The van der Waals surface area contributed by atoms with Gasteiger partial charge in [-0.3, -0.25) is 9.59 Å². The molecule has 1 fully saturated rings. The molecule has 1 aromatic carbocycles. The van der Waals surface area contributed by atoms with Crippen molar-refractivity contribution in [3.63, 3.8) is 0 Å². The number of rotatable bonds is 4. The van der Waals surface area contributed by atoms with Crippen LogP contribution in [0.1, 0.15) is 31.2 Å².